The molecule has 11 nitrogen and oxygen atoms in total. The number of aromatic amines is 1. The highest BCUT2D eigenvalue weighted by Gasteiger charge is 2.24. The molecule has 0 unspecified atom stereocenters. The average Bonchev–Trinajstić information content (AvgIpc) is 2.83. The smallest absolute Gasteiger partial charge is 0.331 e. The van der Waals surface area contributed by atoms with Crippen LogP contribution in [-0.4, -0.2) is 55.4 Å². The van der Waals surface area contributed by atoms with Crippen molar-refractivity contribution < 1.29 is 23.8 Å². The molecule has 2 aromatic rings. The Morgan fingerprint density at radius 3 is 2.62 bits per heavy atom. The number of rotatable bonds is 12. The fourth-order valence-corrected chi connectivity index (χ4v) is 3.14. The van der Waals surface area contributed by atoms with Crippen LogP contribution in [-0.2, 0) is 25.6 Å². The molecule has 0 bridgehead atoms. The van der Waals surface area contributed by atoms with E-state index in [2.05, 4.69) is 4.98 Å². The van der Waals surface area contributed by atoms with Gasteiger partial charge in [0.25, 0.3) is 11.5 Å². The zero-order valence-corrected chi connectivity index (χ0v) is 19.5. The standard InChI is InChI=1S/C23H30N4O7/c1-4-5-12-27-21(24)20(22(30)25-23(27)31)26(13-14-32-2)18(28)15-34-19(29)11-10-16-8-6-7-9-17(16)33-3/h6-11H,4-5,12-15,24H2,1-3H3,(H,25,30,31)/b11-10+. The summed E-state index contributed by atoms with van der Waals surface area (Å²) in [5, 5.41) is 0. The van der Waals surface area contributed by atoms with Crippen molar-refractivity contribution in [1.82, 2.24) is 9.55 Å². The fourth-order valence-electron chi connectivity index (χ4n) is 3.14. The fraction of sp³-hybridized carbons (Fsp3) is 0.391. The molecular formula is C23H30N4O7. The van der Waals surface area contributed by atoms with Crippen molar-refractivity contribution in [3.63, 3.8) is 0 Å². The number of esters is 1. The lowest BCUT2D eigenvalue weighted by atomic mass is 10.2. The lowest BCUT2D eigenvalue weighted by Crippen LogP contribution is -2.44. The quantitative estimate of drug-likeness (QED) is 0.344. The van der Waals surface area contributed by atoms with E-state index in [0.29, 0.717) is 17.7 Å². The first-order valence-electron chi connectivity index (χ1n) is 10.7. The number of carbonyl (C=O) groups excluding carboxylic acids is 2. The van der Waals surface area contributed by atoms with Crippen molar-refractivity contribution in [1.29, 1.82) is 0 Å². The number of hydrogen-bond donors (Lipinski definition) is 2. The summed E-state index contributed by atoms with van der Waals surface area (Å²) < 4.78 is 16.5. The van der Waals surface area contributed by atoms with Gasteiger partial charge < -0.3 is 19.9 Å². The molecule has 34 heavy (non-hydrogen) atoms. The second-order valence-electron chi connectivity index (χ2n) is 7.22. The molecule has 0 fully saturated rings. The third-order valence-corrected chi connectivity index (χ3v) is 4.92. The number of ether oxygens (including phenoxy) is 3. The molecule has 184 valence electrons. The van der Waals surface area contributed by atoms with Crippen LogP contribution in [0.1, 0.15) is 25.3 Å². The van der Waals surface area contributed by atoms with Crippen LogP contribution in [0.2, 0.25) is 0 Å². The number of benzene rings is 1. The van der Waals surface area contributed by atoms with Gasteiger partial charge >= 0.3 is 11.7 Å². The minimum atomic E-state index is -0.818. The van der Waals surface area contributed by atoms with Crippen LogP contribution in [0.15, 0.2) is 39.9 Å². The summed E-state index contributed by atoms with van der Waals surface area (Å²) in [5.41, 5.74) is 5.09. The van der Waals surface area contributed by atoms with E-state index >= 15 is 0 Å². The van der Waals surface area contributed by atoms with E-state index in [1.807, 2.05) is 6.92 Å². The molecule has 0 aliphatic heterocycles. The molecule has 0 saturated carbocycles. The Morgan fingerprint density at radius 2 is 1.94 bits per heavy atom. The van der Waals surface area contributed by atoms with Gasteiger partial charge in [0.15, 0.2) is 12.3 Å². The summed E-state index contributed by atoms with van der Waals surface area (Å²) in [5.74, 6) is -1.04. The van der Waals surface area contributed by atoms with Gasteiger partial charge in [-0.05, 0) is 18.6 Å². The number of nitrogens with two attached hydrogens (primary N) is 1. The van der Waals surface area contributed by atoms with Gasteiger partial charge in [-0.15, -0.1) is 0 Å². The Morgan fingerprint density at radius 1 is 1.21 bits per heavy atom. The molecular weight excluding hydrogens is 444 g/mol. The van der Waals surface area contributed by atoms with Gasteiger partial charge in [-0.1, -0.05) is 31.5 Å². The van der Waals surface area contributed by atoms with Gasteiger partial charge in [-0.3, -0.25) is 24.0 Å². The first-order chi connectivity index (χ1) is 16.3. The van der Waals surface area contributed by atoms with E-state index < -0.39 is 29.7 Å². The number of nitrogens with one attached hydrogen (secondary N) is 1. The predicted octanol–water partition coefficient (Wildman–Crippen LogP) is 1.16. The normalized spacial score (nSPS) is 10.9. The van der Waals surface area contributed by atoms with Crippen molar-refractivity contribution in [2.24, 2.45) is 0 Å². The summed E-state index contributed by atoms with van der Waals surface area (Å²) in [6.45, 7) is 1.62. The Hall–Kier alpha value is -3.86. The van der Waals surface area contributed by atoms with Crippen LogP contribution >= 0.6 is 0 Å². The van der Waals surface area contributed by atoms with E-state index in [0.717, 1.165) is 17.4 Å². The Bertz CT molecular complexity index is 1140. The number of H-pyrrole nitrogens is 1. The van der Waals surface area contributed by atoms with Crippen molar-refractivity contribution in [3.05, 3.63) is 56.7 Å². The van der Waals surface area contributed by atoms with E-state index in [9.17, 15) is 19.2 Å². The van der Waals surface area contributed by atoms with Gasteiger partial charge in [0.2, 0.25) is 0 Å². The number of amides is 1. The molecule has 2 rings (SSSR count). The van der Waals surface area contributed by atoms with Crippen LogP contribution < -0.4 is 26.6 Å². The highest BCUT2D eigenvalue weighted by Crippen LogP contribution is 2.19. The number of nitrogens with zero attached hydrogens (tertiary/aromatic N) is 2. The number of unbranched alkanes of at least 4 members (excludes halogenated alkanes) is 1. The molecule has 0 radical (unpaired) electrons. The second kappa shape index (κ2) is 13.0. The number of para-hydroxylation sites is 1. The Labute approximate surface area is 196 Å². The summed E-state index contributed by atoms with van der Waals surface area (Å²) in [7, 11) is 2.94. The van der Waals surface area contributed by atoms with Crippen molar-refractivity contribution >= 4 is 29.5 Å². The lowest BCUT2D eigenvalue weighted by molar-refractivity contribution is -0.142. The van der Waals surface area contributed by atoms with Crippen molar-refractivity contribution in [3.8, 4) is 5.75 Å². The predicted molar refractivity (Wildman–Crippen MR) is 128 cm³/mol. The van der Waals surface area contributed by atoms with Crippen LogP contribution in [0.4, 0.5) is 11.5 Å². The Kier molecular flexibility index (Phi) is 10.1. The van der Waals surface area contributed by atoms with Crippen LogP contribution in [0.5, 0.6) is 5.75 Å². The molecule has 0 spiro atoms. The number of methoxy groups -OCH3 is 2. The molecule has 0 saturated heterocycles. The maximum absolute atomic E-state index is 12.9. The van der Waals surface area contributed by atoms with Crippen molar-refractivity contribution in [2.45, 2.75) is 26.3 Å². The second-order valence-corrected chi connectivity index (χ2v) is 7.22. The van der Waals surface area contributed by atoms with Gasteiger partial charge in [0.05, 0.1) is 13.7 Å². The zero-order chi connectivity index (χ0) is 25.1. The monoisotopic (exact) mass is 474 g/mol. The van der Waals surface area contributed by atoms with E-state index in [1.54, 1.807) is 24.3 Å². The third-order valence-electron chi connectivity index (χ3n) is 4.92. The molecule has 0 aliphatic rings. The minimum absolute atomic E-state index is 0.0385. The highest BCUT2D eigenvalue weighted by atomic mass is 16.5. The van der Waals surface area contributed by atoms with Crippen LogP contribution in [0.3, 0.4) is 0 Å². The molecule has 3 N–H and O–H groups in total. The summed E-state index contributed by atoms with van der Waals surface area (Å²) in [4.78, 5) is 53.0. The van der Waals surface area contributed by atoms with Crippen LogP contribution in [0, 0.1) is 0 Å². The number of anilines is 2. The van der Waals surface area contributed by atoms with E-state index in [4.69, 9.17) is 19.9 Å². The molecule has 1 heterocycles. The first-order valence-corrected chi connectivity index (χ1v) is 10.7. The molecule has 0 aliphatic carbocycles. The molecule has 1 aromatic carbocycles. The van der Waals surface area contributed by atoms with Crippen molar-refractivity contribution in [2.75, 3.05) is 44.6 Å². The van der Waals surface area contributed by atoms with E-state index in [-0.39, 0.29) is 31.2 Å². The lowest BCUT2D eigenvalue weighted by Gasteiger charge is -2.24. The summed E-state index contributed by atoms with van der Waals surface area (Å²) >= 11 is 0. The number of carbonyl (C=O) groups is 2. The zero-order valence-electron chi connectivity index (χ0n) is 19.5. The molecule has 0 atom stereocenters. The highest BCUT2D eigenvalue weighted by molar-refractivity contribution is 5.98. The molecule has 1 amide bonds. The number of aromatic nitrogens is 2. The number of nitrogen functional groups attached to an aromatic ring is 1. The minimum Gasteiger partial charge on any atom is -0.496 e. The average molecular weight is 475 g/mol. The molecule has 1 aromatic heterocycles. The van der Waals surface area contributed by atoms with Gasteiger partial charge in [-0.25, -0.2) is 9.59 Å². The Balaban J connectivity index is 2.22. The maximum Gasteiger partial charge on any atom is 0.331 e. The maximum atomic E-state index is 12.9. The van der Waals surface area contributed by atoms with Gasteiger partial charge in [-0.2, -0.15) is 0 Å². The summed E-state index contributed by atoms with van der Waals surface area (Å²) in [6, 6.07) is 7.07. The SMILES string of the molecule is CCCCn1c(N)c(N(CCOC)C(=O)COC(=O)/C=C/c2ccccc2OC)c(=O)[nH]c1=O. The van der Waals surface area contributed by atoms with Gasteiger partial charge in [0, 0.05) is 31.8 Å². The van der Waals surface area contributed by atoms with Crippen LogP contribution in [0.25, 0.3) is 6.08 Å². The molecule has 11 heteroatoms. The van der Waals surface area contributed by atoms with Gasteiger partial charge in [0.1, 0.15) is 11.6 Å². The first kappa shape index (κ1) is 26.4. The van der Waals surface area contributed by atoms with E-state index in [1.165, 1.54) is 24.9 Å². The largest absolute Gasteiger partial charge is 0.496 e. The topological polar surface area (TPSA) is 146 Å². The third kappa shape index (κ3) is 6.82. The number of hydrogen-bond acceptors (Lipinski definition) is 8. The summed E-state index contributed by atoms with van der Waals surface area (Å²) in [6.07, 6.45) is 4.11.